The molecule has 0 radical (unpaired) electrons. The van der Waals surface area contributed by atoms with Gasteiger partial charge in [0.1, 0.15) is 6.67 Å². The molecule has 130 valence electrons. The highest BCUT2D eigenvalue weighted by atomic mass is 19.1. The molecule has 0 spiro atoms. The summed E-state index contributed by atoms with van der Waals surface area (Å²) in [6.07, 6.45) is 0. The average Bonchev–Trinajstić information content (AvgIpc) is 3.06. The highest BCUT2D eigenvalue weighted by Crippen LogP contribution is 2.55. The molecule has 0 saturated heterocycles. The minimum absolute atomic E-state index is 0.463. The van der Waals surface area contributed by atoms with E-state index in [-0.39, 0.29) is 0 Å². The maximum absolute atomic E-state index is 13.4. The van der Waals surface area contributed by atoms with Gasteiger partial charge in [-0.3, -0.25) is 4.98 Å². The lowest BCUT2D eigenvalue weighted by molar-refractivity contribution is 0.473. The van der Waals surface area contributed by atoms with Crippen molar-refractivity contribution in [2.75, 3.05) is 0 Å². The molecule has 3 aromatic carbocycles. The van der Waals surface area contributed by atoms with E-state index in [0.717, 1.165) is 11.3 Å². The first-order chi connectivity index (χ1) is 13.4. The molecule has 4 aromatic rings. The zero-order chi connectivity index (χ0) is 18.3. The summed E-state index contributed by atoms with van der Waals surface area (Å²) in [6, 6.07) is 33.0. The molecule has 0 unspecified atom stereocenters. The fraction of sp³-hybridized carbons (Fsp3) is 0.0800. The average molecular weight is 351 g/mol. The Balaban J connectivity index is 1.95. The van der Waals surface area contributed by atoms with Gasteiger partial charge >= 0.3 is 0 Å². The first-order valence-corrected chi connectivity index (χ1v) is 9.13. The second-order valence-electron chi connectivity index (χ2n) is 6.85. The molecule has 1 aliphatic carbocycles. The largest absolute Gasteiger partial charge is 0.253 e. The van der Waals surface area contributed by atoms with E-state index in [9.17, 15) is 4.39 Å². The molecule has 0 N–H and O–H groups in total. The van der Waals surface area contributed by atoms with E-state index in [1.165, 1.54) is 22.3 Å². The van der Waals surface area contributed by atoms with Crippen LogP contribution in [-0.2, 0) is 12.1 Å². The SMILES string of the molecule is FCc1cccc(C2(c3ccccc3)c3ccccc3-c3ccccc32)n1. The van der Waals surface area contributed by atoms with Gasteiger partial charge in [0, 0.05) is 0 Å². The van der Waals surface area contributed by atoms with Crippen molar-refractivity contribution in [1.82, 2.24) is 4.98 Å². The number of pyridine rings is 1. The van der Waals surface area contributed by atoms with Gasteiger partial charge in [-0.15, -0.1) is 0 Å². The summed E-state index contributed by atoms with van der Waals surface area (Å²) in [5.41, 5.74) is 6.74. The molecular formula is C25H18FN. The minimum atomic E-state index is -0.567. The van der Waals surface area contributed by atoms with Crippen LogP contribution in [0.3, 0.4) is 0 Å². The smallest absolute Gasteiger partial charge is 0.131 e. The second-order valence-corrected chi connectivity index (χ2v) is 6.85. The van der Waals surface area contributed by atoms with Crippen molar-refractivity contribution < 1.29 is 4.39 Å². The molecule has 1 heterocycles. The lowest BCUT2D eigenvalue weighted by atomic mass is 9.70. The van der Waals surface area contributed by atoms with Crippen molar-refractivity contribution in [3.63, 3.8) is 0 Å². The quantitative estimate of drug-likeness (QED) is 0.393. The summed E-state index contributed by atoms with van der Waals surface area (Å²) in [6.45, 7) is -0.567. The Morgan fingerprint density at radius 3 is 1.85 bits per heavy atom. The Morgan fingerprint density at radius 1 is 0.630 bits per heavy atom. The topological polar surface area (TPSA) is 12.9 Å². The van der Waals surface area contributed by atoms with E-state index in [1.54, 1.807) is 6.07 Å². The Hall–Kier alpha value is -3.26. The van der Waals surface area contributed by atoms with Gasteiger partial charge in [0.05, 0.1) is 16.8 Å². The molecular weight excluding hydrogens is 333 g/mol. The van der Waals surface area contributed by atoms with Crippen LogP contribution in [0.4, 0.5) is 4.39 Å². The number of alkyl halides is 1. The van der Waals surface area contributed by atoms with Crippen molar-refractivity contribution in [2.24, 2.45) is 0 Å². The van der Waals surface area contributed by atoms with Gasteiger partial charge in [-0.1, -0.05) is 84.9 Å². The van der Waals surface area contributed by atoms with Gasteiger partial charge < -0.3 is 0 Å². The summed E-state index contributed by atoms with van der Waals surface area (Å²) in [5.74, 6) is 0. The van der Waals surface area contributed by atoms with E-state index >= 15 is 0 Å². The van der Waals surface area contributed by atoms with Gasteiger partial charge in [0.25, 0.3) is 0 Å². The minimum Gasteiger partial charge on any atom is -0.253 e. The van der Waals surface area contributed by atoms with Crippen LogP contribution in [-0.4, -0.2) is 4.98 Å². The van der Waals surface area contributed by atoms with Crippen molar-refractivity contribution in [3.05, 3.63) is 125 Å². The third kappa shape index (κ3) is 2.20. The number of hydrogen-bond acceptors (Lipinski definition) is 1. The molecule has 0 amide bonds. The molecule has 0 atom stereocenters. The van der Waals surface area contributed by atoms with E-state index in [4.69, 9.17) is 4.98 Å². The van der Waals surface area contributed by atoms with Crippen LogP contribution in [0.15, 0.2) is 97.1 Å². The summed E-state index contributed by atoms with van der Waals surface area (Å²) in [4.78, 5) is 4.74. The number of halogens is 1. The molecule has 1 nitrogen and oxygen atoms in total. The van der Waals surface area contributed by atoms with Crippen molar-refractivity contribution >= 4 is 0 Å². The molecule has 0 aliphatic heterocycles. The van der Waals surface area contributed by atoms with Crippen molar-refractivity contribution in [1.29, 1.82) is 0 Å². The van der Waals surface area contributed by atoms with Gasteiger partial charge in [-0.25, -0.2) is 4.39 Å². The third-order valence-electron chi connectivity index (χ3n) is 5.49. The van der Waals surface area contributed by atoms with Gasteiger partial charge in [-0.05, 0) is 39.9 Å². The Bertz CT molecular complexity index is 1070. The Labute approximate surface area is 158 Å². The number of rotatable bonds is 3. The zero-order valence-electron chi connectivity index (χ0n) is 14.8. The maximum atomic E-state index is 13.4. The van der Waals surface area contributed by atoms with Gasteiger partial charge in [0.15, 0.2) is 0 Å². The molecule has 5 rings (SSSR count). The Morgan fingerprint density at radius 2 is 1.22 bits per heavy atom. The van der Waals surface area contributed by atoms with E-state index in [1.807, 2.05) is 18.2 Å². The number of benzene rings is 3. The third-order valence-corrected chi connectivity index (χ3v) is 5.49. The van der Waals surface area contributed by atoms with Crippen LogP contribution < -0.4 is 0 Å². The normalized spacial score (nSPS) is 13.8. The first kappa shape index (κ1) is 16.0. The van der Waals surface area contributed by atoms with Crippen molar-refractivity contribution in [3.8, 4) is 11.1 Å². The number of fused-ring (bicyclic) bond motifs is 3. The summed E-state index contributed by atoms with van der Waals surface area (Å²) < 4.78 is 13.4. The Kier molecular flexibility index (Phi) is 3.64. The predicted molar refractivity (Wildman–Crippen MR) is 106 cm³/mol. The molecule has 0 saturated carbocycles. The van der Waals surface area contributed by atoms with E-state index in [0.29, 0.717) is 5.69 Å². The van der Waals surface area contributed by atoms with E-state index < -0.39 is 12.1 Å². The number of nitrogens with zero attached hydrogens (tertiary/aromatic N) is 1. The lowest BCUT2D eigenvalue weighted by Gasteiger charge is -2.32. The fourth-order valence-corrected chi connectivity index (χ4v) is 4.42. The highest BCUT2D eigenvalue weighted by molar-refractivity contribution is 5.85. The van der Waals surface area contributed by atoms with Crippen LogP contribution in [0.2, 0.25) is 0 Å². The molecule has 0 bridgehead atoms. The second kappa shape index (κ2) is 6.17. The summed E-state index contributed by atoms with van der Waals surface area (Å²) >= 11 is 0. The van der Waals surface area contributed by atoms with Gasteiger partial charge in [0.2, 0.25) is 0 Å². The first-order valence-electron chi connectivity index (χ1n) is 9.13. The van der Waals surface area contributed by atoms with Crippen molar-refractivity contribution in [2.45, 2.75) is 12.1 Å². The molecule has 2 heteroatoms. The molecule has 1 aromatic heterocycles. The number of aromatic nitrogens is 1. The standard InChI is InChI=1S/C25H18FN/c26-17-19-11-8-16-24(27-19)25(18-9-2-1-3-10-18)22-14-6-4-12-20(22)21-13-5-7-15-23(21)25/h1-16H,17H2. The van der Waals surface area contributed by atoms with Crippen LogP contribution in [0.1, 0.15) is 28.1 Å². The van der Waals surface area contributed by atoms with E-state index in [2.05, 4.69) is 72.8 Å². The monoisotopic (exact) mass is 351 g/mol. The van der Waals surface area contributed by atoms with Crippen LogP contribution >= 0.6 is 0 Å². The highest BCUT2D eigenvalue weighted by Gasteiger charge is 2.46. The molecule has 0 fully saturated rings. The zero-order valence-corrected chi connectivity index (χ0v) is 14.8. The van der Waals surface area contributed by atoms with Gasteiger partial charge in [-0.2, -0.15) is 0 Å². The predicted octanol–water partition coefficient (Wildman–Crippen LogP) is 5.91. The molecule has 1 aliphatic rings. The van der Waals surface area contributed by atoms with Crippen LogP contribution in [0.25, 0.3) is 11.1 Å². The molecule has 27 heavy (non-hydrogen) atoms. The maximum Gasteiger partial charge on any atom is 0.131 e. The van der Waals surface area contributed by atoms with Crippen LogP contribution in [0.5, 0.6) is 0 Å². The lowest BCUT2D eigenvalue weighted by Crippen LogP contribution is -2.30. The van der Waals surface area contributed by atoms with Crippen LogP contribution in [0, 0.1) is 0 Å². The summed E-state index contributed by atoms with van der Waals surface area (Å²) in [5, 5.41) is 0. The number of hydrogen-bond donors (Lipinski definition) is 0. The fourth-order valence-electron chi connectivity index (χ4n) is 4.42. The summed E-state index contributed by atoms with van der Waals surface area (Å²) in [7, 11) is 0.